The van der Waals surface area contributed by atoms with E-state index in [-0.39, 0.29) is 42.1 Å². The van der Waals surface area contributed by atoms with Gasteiger partial charge in [0.25, 0.3) is 0 Å². The van der Waals surface area contributed by atoms with Crippen LogP contribution in [0.1, 0.15) is 12.5 Å². The highest BCUT2D eigenvalue weighted by Gasteiger charge is 2.08. The molecular formula is C13H22FIN4O2S. The zero-order valence-corrected chi connectivity index (χ0v) is 15.8. The minimum atomic E-state index is -3.52. The maximum absolute atomic E-state index is 12.9. The molecule has 0 unspecified atom stereocenters. The standard InChI is InChI=1S/C13H21FN4O2S.HI/c1-3-16-13(17-8-9-21(15,19)20)18(2)10-11-4-6-12(14)7-5-11;/h4-7H,3,8-10H2,1-2H3,(H,16,17)(H2,15,19,20);1H. The van der Waals surface area contributed by atoms with Gasteiger partial charge < -0.3 is 10.2 Å². The Labute approximate surface area is 148 Å². The lowest BCUT2D eigenvalue weighted by Gasteiger charge is -2.22. The molecule has 6 nitrogen and oxygen atoms in total. The van der Waals surface area contributed by atoms with E-state index in [9.17, 15) is 12.8 Å². The van der Waals surface area contributed by atoms with Gasteiger partial charge in [0.15, 0.2) is 5.96 Å². The highest BCUT2D eigenvalue weighted by molar-refractivity contribution is 14.0. The second kappa shape index (κ2) is 9.95. The monoisotopic (exact) mass is 444 g/mol. The van der Waals surface area contributed by atoms with Crippen molar-refractivity contribution in [3.63, 3.8) is 0 Å². The van der Waals surface area contributed by atoms with Gasteiger partial charge >= 0.3 is 0 Å². The second-order valence-corrected chi connectivity index (χ2v) is 6.32. The Hall–Kier alpha value is -0.940. The number of sulfonamides is 1. The molecule has 0 aliphatic heterocycles. The van der Waals surface area contributed by atoms with E-state index in [1.807, 2.05) is 18.9 Å². The number of halogens is 2. The van der Waals surface area contributed by atoms with Gasteiger partial charge in [-0.05, 0) is 24.6 Å². The Morgan fingerprint density at radius 3 is 2.45 bits per heavy atom. The molecule has 0 atom stereocenters. The molecule has 1 aromatic carbocycles. The van der Waals surface area contributed by atoms with E-state index in [2.05, 4.69) is 10.3 Å². The summed E-state index contributed by atoms with van der Waals surface area (Å²) in [6, 6.07) is 6.18. The first-order valence-corrected chi connectivity index (χ1v) is 8.27. The summed E-state index contributed by atoms with van der Waals surface area (Å²) in [6.07, 6.45) is 0. The third-order valence-corrected chi connectivity index (χ3v) is 3.42. The van der Waals surface area contributed by atoms with Crippen molar-refractivity contribution in [2.45, 2.75) is 13.5 Å². The van der Waals surface area contributed by atoms with Gasteiger partial charge in [0.05, 0.1) is 12.3 Å². The van der Waals surface area contributed by atoms with Crippen LogP contribution < -0.4 is 10.5 Å². The van der Waals surface area contributed by atoms with Gasteiger partial charge in [-0.3, -0.25) is 4.99 Å². The van der Waals surface area contributed by atoms with Crippen LogP contribution >= 0.6 is 24.0 Å². The Morgan fingerprint density at radius 2 is 1.95 bits per heavy atom. The number of primary sulfonamides is 1. The van der Waals surface area contributed by atoms with Gasteiger partial charge in [0, 0.05) is 20.1 Å². The van der Waals surface area contributed by atoms with Gasteiger partial charge in [-0.1, -0.05) is 12.1 Å². The molecular weight excluding hydrogens is 422 g/mol. The number of nitrogens with zero attached hydrogens (tertiary/aromatic N) is 2. The summed E-state index contributed by atoms with van der Waals surface area (Å²) < 4.78 is 34.7. The quantitative estimate of drug-likeness (QED) is 0.391. The molecule has 0 saturated heterocycles. The van der Waals surface area contributed by atoms with Crippen molar-refractivity contribution in [1.82, 2.24) is 10.2 Å². The van der Waals surface area contributed by atoms with Crippen molar-refractivity contribution in [3.8, 4) is 0 Å². The predicted octanol–water partition coefficient (Wildman–Crippen LogP) is 1.13. The molecule has 126 valence electrons. The Morgan fingerprint density at radius 1 is 1.36 bits per heavy atom. The van der Waals surface area contributed by atoms with Crippen molar-refractivity contribution in [2.75, 3.05) is 25.9 Å². The number of aliphatic imine (C=N–C) groups is 1. The first-order chi connectivity index (χ1) is 9.81. The number of benzene rings is 1. The van der Waals surface area contributed by atoms with Crippen molar-refractivity contribution >= 4 is 40.0 Å². The Balaban J connectivity index is 0.00000441. The normalized spacial score (nSPS) is 11.7. The van der Waals surface area contributed by atoms with Crippen molar-refractivity contribution in [3.05, 3.63) is 35.6 Å². The summed E-state index contributed by atoms with van der Waals surface area (Å²) in [6.45, 7) is 3.19. The fourth-order valence-corrected chi connectivity index (χ4v) is 2.03. The van der Waals surface area contributed by atoms with Crippen molar-refractivity contribution < 1.29 is 12.8 Å². The van der Waals surface area contributed by atoms with Crippen LogP contribution in [0, 0.1) is 5.82 Å². The molecule has 3 N–H and O–H groups in total. The summed E-state index contributed by atoms with van der Waals surface area (Å²) in [5.41, 5.74) is 0.927. The highest BCUT2D eigenvalue weighted by Crippen LogP contribution is 2.05. The molecule has 0 aliphatic rings. The molecule has 0 radical (unpaired) electrons. The van der Waals surface area contributed by atoms with Crippen LogP contribution in [0.4, 0.5) is 4.39 Å². The lowest BCUT2D eigenvalue weighted by molar-refractivity contribution is 0.477. The van der Waals surface area contributed by atoms with Gasteiger partial charge in [0.2, 0.25) is 10.0 Å². The maximum atomic E-state index is 12.9. The average molecular weight is 444 g/mol. The highest BCUT2D eigenvalue weighted by atomic mass is 127. The van der Waals surface area contributed by atoms with Gasteiger partial charge in [-0.2, -0.15) is 0 Å². The first-order valence-electron chi connectivity index (χ1n) is 6.56. The van der Waals surface area contributed by atoms with E-state index in [4.69, 9.17) is 5.14 Å². The summed E-state index contributed by atoms with van der Waals surface area (Å²) in [5, 5.41) is 8.01. The minimum absolute atomic E-state index is 0. The number of nitrogens with two attached hydrogens (primary N) is 1. The van der Waals surface area contributed by atoms with Crippen molar-refractivity contribution in [2.24, 2.45) is 10.1 Å². The Kier molecular flexibility index (Phi) is 9.53. The third-order valence-electron chi connectivity index (χ3n) is 2.67. The molecule has 0 saturated carbocycles. The zero-order valence-electron chi connectivity index (χ0n) is 12.6. The number of rotatable bonds is 6. The molecule has 0 amide bonds. The lowest BCUT2D eigenvalue weighted by Crippen LogP contribution is -2.39. The van der Waals surface area contributed by atoms with E-state index in [0.29, 0.717) is 19.0 Å². The zero-order chi connectivity index (χ0) is 15.9. The van der Waals surface area contributed by atoms with Crippen LogP contribution in [0.3, 0.4) is 0 Å². The van der Waals surface area contributed by atoms with E-state index < -0.39 is 10.0 Å². The maximum Gasteiger partial charge on any atom is 0.210 e. The van der Waals surface area contributed by atoms with Crippen LogP contribution in [0.25, 0.3) is 0 Å². The summed E-state index contributed by atoms with van der Waals surface area (Å²) >= 11 is 0. The molecule has 0 fully saturated rings. The third kappa shape index (κ3) is 8.49. The first kappa shape index (κ1) is 21.1. The van der Waals surface area contributed by atoms with E-state index in [1.165, 1.54) is 12.1 Å². The molecule has 0 aromatic heterocycles. The molecule has 0 bridgehead atoms. The molecule has 0 heterocycles. The fourth-order valence-electron chi connectivity index (χ4n) is 1.69. The number of guanidine groups is 1. The molecule has 9 heteroatoms. The average Bonchev–Trinajstić information content (AvgIpc) is 2.39. The molecule has 1 aromatic rings. The number of nitrogens with one attached hydrogen (secondary N) is 1. The smallest absolute Gasteiger partial charge is 0.210 e. The fraction of sp³-hybridized carbons (Fsp3) is 0.462. The lowest BCUT2D eigenvalue weighted by atomic mass is 10.2. The van der Waals surface area contributed by atoms with Crippen LogP contribution in [0.5, 0.6) is 0 Å². The number of hydrogen-bond donors (Lipinski definition) is 2. The number of hydrogen-bond acceptors (Lipinski definition) is 3. The van der Waals surface area contributed by atoms with Crippen LogP contribution in [-0.2, 0) is 16.6 Å². The van der Waals surface area contributed by atoms with Gasteiger partial charge in [-0.15, -0.1) is 24.0 Å². The SMILES string of the molecule is CCNC(=NCCS(N)(=O)=O)N(C)Cc1ccc(F)cc1.I. The predicted molar refractivity (Wildman–Crippen MR) is 97.2 cm³/mol. The summed E-state index contributed by atoms with van der Waals surface area (Å²) in [7, 11) is -1.70. The molecule has 0 spiro atoms. The second-order valence-electron chi connectivity index (χ2n) is 4.59. The van der Waals surface area contributed by atoms with E-state index in [1.54, 1.807) is 12.1 Å². The molecule has 22 heavy (non-hydrogen) atoms. The minimum Gasteiger partial charge on any atom is -0.357 e. The van der Waals surface area contributed by atoms with Crippen LogP contribution in [0.2, 0.25) is 0 Å². The van der Waals surface area contributed by atoms with Crippen LogP contribution in [-0.4, -0.2) is 45.2 Å². The molecule has 1 rings (SSSR count). The van der Waals surface area contributed by atoms with E-state index >= 15 is 0 Å². The molecule has 0 aliphatic carbocycles. The largest absolute Gasteiger partial charge is 0.357 e. The van der Waals surface area contributed by atoms with E-state index in [0.717, 1.165) is 5.56 Å². The van der Waals surface area contributed by atoms with Crippen LogP contribution in [0.15, 0.2) is 29.3 Å². The van der Waals surface area contributed by atoms with Crippen molar-refractivity contribution in [1.29, 1.82) is 0 Å². The summed E-state index contributed by atoms with van der Waals surface area (Å²) in [5.74, 6) is 0.0901. The van der Waals surface area contributed by atoms with Gasteiger partial charge in [0.1, 0.15) is 5.82 Å². The topological polar surface area (TPSA) is 87.8 Å². The summed E-state index contributed by atoms with van der Waals surface area (Å²) in [4.78, 5) is 6.04. The Bertz CT molecular complexity index is 578. The van der Waals surface area contributed by atoms with Gasteiger partial charge in [-0.25, -0.2) is 17.9 Å².